The zero-order chi connectivity index (χ0) is 16.5. The van der Waals surface area contributed by atoms with Gasteiger partial charge in [0, 0.05) is 36.1 Å². The number of hydrogen-bond acceptors (Lipinski definition) is 3. The second-order valence-corrected chi connectivity index (χ2v) is 7.18. The van der Waals surface area contributed by atoms with Crippen LogP contribution in [-0.2, 0) is 0 Å². The SMILES string of the molecule is O=C(c1ccnc(C2CCCC2)n1)N1CC(c2cccc(Cl)c2)C1. The summed E-state index contributed by atoms with van der Waals surface area (Å²) in [6.07, 6.45) is 6.47. The summed E-state index contributed by atoms with van der Waals surface area (Å²) in [5.41, 5.74) is 1.72. The summed E-state index contributed by atoms with van der Waals surface area (Å²) in [5.74, 6) is 1.64. The molecule has 24 heavy (non-hydrogen) atoms. The number of hydrogen-bond donors (Lipinski definition) is 0. The molecule has 2 aliphatic rings. The second kappa shape index (κ2) is 6.52. The quantitative estimate of drug-likeness (QED) is 0.846. The highest BCUT2D eigenvalue weighted by molar-refractivity contribution is 6.30. The lowest BCUT2D eigenvalue weighted by Crippen LogP contribution is -2.48. The fourth-order valence-electron chi connectivity index (χ4n) is 3.65. The number of benzene rings is 1. The van der Waals surface area contributed by atoms with Gasteiger partial charge in [-0.15, -0.1) is 0 Å². The van der Waals surface area contributed by atoms with Gasteiger partial charge in [-0.2, -0.15) is 0 Å². The molecule has 1 aromatic carbocycles. The normalized spacial score (nSPS) is 18.6. The lowest BCUT2D eigenvalue weighted by Gasteiger charge is -2.39. The van der Waals surface area contributed by atoms with E-state index in [0.717, 1.165) is 36.8 Å². The van der Waals surface area contributed by atoms with E-state index < -0.39 is 0 Å². The van der Waals surface area contributed by atoms with Crippen molar-refractivity contribution in [2.75, 3.05) is 13.1 Å². The summed E-state index contributed by atoms with van der Waals surface area (Å²) in [6.45, 7) is 1.45. The van der Waals surface area contributed by atoms with Crippen LogP contribution in [0.15, 0.2) is 36.5 Å². The van der Waals surface area contributed by atoms with Gasteiger partial charge in [-0.1, -0.05) is 36.6 Å². The van der Waals surface area contributed by atoms with E-state index in [2.05, 4.69) is 16.0 Å². The van der Waals surface area contributed by atoms with Crippen molar-refractivity contribution in [3.8, 4) is 0 Å². The first-order valence-electron chi connectivity index (χ1n) is 8.58. The molecule has 0 unspecified atom stereocenters. The van der Waals surface area contributed by atoms with Crippen molar-refractivity contribution in [2.24, 2.45) is 0 Å². The largest absolute Gasteiger partial charge is 0.336 e. The van der Waals surface area contributed by atoms with Gasteiger partial charge in [0.2, 0.25) is 0 Å². The molecule has 0 N–H and O–H groups in total. The summed E-state index contributed by atoms with van der Waals surface area (Å²) in [5, 5.41) is 0.745. The van der Waals surface area contributed by atoms with E-state index in [1.54, 1.807) is 12.3 Å². The number of carbonyl (C=O) groups is 1. The zero-order valence-electron chi connectivity index (χ0n) is 13.5. The summed E-state index contributed by atoms with van der Waals surface area (Å²) in [4.78, 5) is 23.4. The Morgan fingerprint density at radius 3 is 2.67 bits per heavy atom. The predicted octanol–water partition coefficient (Wildman–Crippen LogP) is 4.03. The first-order chi connectivity index (χ1) is 11.7. The third kappa shape index (κ3) is 3.03. The Kier molecular flexibility index (Phi) is 4.23. The van der Waals surface area contributed by atoms with Crippen LogP contribution in [0.1, 0.15) is 59.4 Å². The molecule has 1 saturated carbocycles. The van der Waals surface area contributed by atoms with Gasteiger partial charge >= 0.3 is 0 Å². The standard InChI is InChI=1S/C19H20ClN3O/c20-16-7-3-6-14(10-16)15-11-23(12-15)19(24)17-8-9-21-18(22-17)13-4-1-2-5-13/h3,6-10,13,15H,1-2,4-5,11-12H2. The molecule has 4 rings (SSSR count). The van der Waals surface area contributed by atoms with Crippen molar-refractivity contribution >= 4 is 17.5 Å². The van der Waals surface area contributed by atoms with Gasteiger partial charge in [-0.05, 0) is 36.6 Å². The van der Waals surface area contributed by atoms with Gasteiger partial charge in [-0.25, -0.2) is 9.97 Å². The van der Waals surface area contributed by atoms with Crippen molar-refractivity contribution in [2.45, 2.75) is 37.5 Å². The maximum atomic E-state index is 12.6. The number of carbonyl (C=O) groups excluding carboxylic acids is 1. The summed E-state index contributed by atoms with van der Waals surface area (Å²) < 4.78 is 0. The Morgan fingerprint density at radius 2 is 1.92 bits per heavy atom. The predicted molar refractivity (Wildman–Crippen MR) is 93.3 cm³/mol. The van der Waals surface area contributed by atoms with Crippen LogP contribution in [0.4, 0.5) is 0 Å². The molecule has 124 valence electrons. The monoisotopic (exact) mass is 341 g/mol. The van der Waals surface area contributed by atoms with Crippen molar-refractivity contribution in [3.63, 3.8) is 0 Å². The molecule has 1 aliphatic carbocycles. The molecule has 5 heteroatoms. The van der Waals surface area contributed by atoms with Gasteiger partial charge < -0.3 is 4.90 Å². The molecule has 0 spiro atoms. The highest BCUT2D eigenvalue weighted by Crippen LogP contribution is 2.33. The molecule has 1 amide bonds. The minimum Gasteiger partial charge on any atom is -0.336 e. The number of halogens is 1. The number of rotatable bonds is 3. The van der Waals surface area contributed by atoms with Gasteiger partial charge in [0.15, 0.2) is 0 Å². The lowest BCUT2D eigenvalue weighted by molar-refractivity contribution is 0.0595. The number of nitrogens with zero attached hydrogens (tertiary/aromatic N) is 3. The molecule has 2 fully saturated rings. The van der Waals surface area contributed by atoms with Crippen LogP contribution in [0.2, 0.25) is 5.02 Å². The smallest absolute Gasteiger partial charge is 0.272 e. The van der Waals surface area contributed by atoms with E-state index in [1.807, 2.05) is 23.1 Å². The minimum atomic E-state index is 0.00919. The number of likely N-dealkylation sites (tertiary alicyclic amines) is 1. The van der Waals surface area contributed by atoms with Gasteiger partial charge in [0.1, 0.15) is 11.5 Å². The molecular formula is C19H20ClN3O. The molecule has 4 nitrogen and oxygen atoms in total. The molecule has 0 atom stereocenters. The van der Waals surface area contributed by atoms with Crippen molar-refractivity contribution in [3.05, 3.63) is 58.6 Å². The third-order valence-electron chi connectivity index (χ3n) is 5.10. The average Bonchev–Trinajstić information content (AvgIpc) is 3.08. The third-order valence-corrected chi connectivity index (χ3v) is 5.34. The van der Waals surface area contributed by atoms with Crippen LogP contribution in [0, 0.1) is 0 Å². The molecule has 1 aliphatic heterocycles. The lowest BCUT2D eigenvalue weighted by atomic mass is 9.91. The van der Waals surface area contributed by atoms with E-state index in [4.69, 9.17) is 11.6 Å². The Morgan fingerprint density at radius 1 is 1.12 bits per heavy atom. The second-order valence-electron chi connectivity index (χ2n) is 6.74. The number of amides is 1. The van der Waals surface area contributed by atoms with Crippen molar-refractivity contribution in [1.82, 2.24) is 14.9 Å². The van der Waals surface area contributed by atoms with E-state index >= 15 is 0 Å². The van der Waals surface area contributed by atoms with Crippen LogP contribution in [-0.4, -0.2) is 33.9 Å². The molecular weight excluding hydrogens is 322 g/mol. The summed E-state index contributed by atoms with van der Waals surface area (Å²) in [7, 11) is 0. The van der Waals surface area contributed by atoms with E-state index in [9.17, 15) is 4.79 Å². The Balaban J connectivity index is 1.43. The summed E-state index contributed by atoms with van der Waals surface area (Å²) >= 11 is 6.05. The molecule has 0 radical (unpaired) electrons. The molecule has 1 aromatic heterocycles. The maximum absolute atomic E-state index is 12.6. The first-order valence-corrected chi connectivity index (χ1v) is 8.96. The first kappa shape index (κ1) is 15.6. The van der Waals surface area contributed by atoms with Crippen LogP contribution >= 0.6 is 11.6 Å². The highest BCUT2D eigenvalue weighted by Gasteiger charge is 2.33. The molecule has 2 aromatic rings. The highest BCUT2D eigenvalue weighted by atomic mass is 35.5. The zero-order valence-corrected chi connectivity index (χ0v) is 14.2. The molecule has 2 heterocycles. The Labute approximate surface area is 146 Å². The molecule has 1 saturated heterocycles. The average molecular weight is 342 g/mol. The van der Waals surface area contributed by atoms with Crippen LogP contribution < -0.4 is 0 Å². The topological polar surface area (TPSA) is 46.1 Å². The van der Waals surface area contributed by atoms with Crippen molar-refractivity contribution in [1.29, 1.82) is 0 Å². The number of aromatic nitrogens is 2. The minimum absolute atomic E-state index is 0.00919. The fourth-order valence-corrected chi connectivity index (χ4v) is 3.85. The Bertz CT molecular complexity index is 752. The molecule has 0 bridgehead atoms. The van der Waals surface area contributed by atoms with Crippen LogP contribution in [0.5, 0.6) is 0 Å². The van der Waals surface area contributed by atoms with Crippen LogP contribution in [0.3, 0.4) is 0 Å². The van der Waals surface area contributed by atoms with Crippen molar-refractivity contribution < 1.29 is 4.79 Å². The van der Waals surface area contributed by atoms with Gasteiger partial charge in [0.25, 0.3) is 5.91 Å². The van der Waals surface area contributed by atoms with E-state index in [-0.39, 0.29) is 5.91 Å². The van der Waals surface area contributed by atoms with Gasteiger partial charge in [-0.3, -0.25) is 4.79 Å². The van der Waals surface area contributed by atoms with E-state index in [1.165, 1.54) is 18.4 Å². The van der Waals surface area contributed by atoms with E-state index in [0.29, 0.717) is 17.5 Å². The van der Waals surface area contributed by atoms with Gasteiger partial charge in [0.05, 0.1) is 0 Å². The fraction of sp³-hybridized carbons (Fsp3) is 0.421. The Hall–Kier alpha value is -1.94. The summed E-state index contributed by atoms with van der Waals surface area (Å²) in [6, 6.07) is 9.62. The van der Waals surface area contributed by atoms with Crippen LogP contribution in [0.25, 0.3) is 0 Å². The maximum Gasteiger partial charge on any atom is 0.272 e.